The summed E-state index contributed by atoms with van der Waals surface area (Å²) in [4.78, 5) is 74.5. The Morgan fingerprint density at radius 2 is 1.65 bits per heavy atom. The number of carbonyl (C=O) groups is 5. The SMILES string of the molecule is C=C[C@@H]1C[C@]1(CC(=O)[C@@H]1C[C@@]2(CN1C(=O)[C@@H](CC(=O)[C@@H](NC(=O)c1ccc3occc3c1)C1CCCCC1)C(C)(C)C)C(C)(C)C21CCC1)C(=O)NS(=O)(=O)N1CCCC1. The fraction of sp³-hybridized carbons (Fsp3) is 0.681. The number of Topliss-reactive ketones (excluding diaryl/α,β-unsaturated/α-hetero) is 2. The van der Waals surface area contributed by atoms with Crippen LogP contribution in [0.15, 0.2) is 47.6 Å². The monoisotopic (exact) mass is 844 g/mol. The summed E-state index contributed by atoms with van der Waals surface area (Å²) >= 11 is 0. The number of likely N-dealkylation sites (tertiary alicyclic amines) is 1. The molecular formula is C47H64N4O8S. The van der Waals surface area contributed by atoms with Crippen LogP contribution in [0.5, 0.6) is 0 Å². The molecule has 0 unspecified atom stereocenters. The number of benzene rings is 1. The first-order valence-electron chi connectivity index (χ1n) is 22.4. The Kier molecular flexibility index (Phi) is 10.9. The normalized spacial score (nSPS) is 29.5. The molecule has 13 heteroatoms. The summed E-state index contributed by atoms with van der Waals surface area (Å²) in [7, 11) is -4.07. The molecule has 2 spiro atoms. The van der Waals surface area contributed by atoms with Crippen LogP contribution in [0.25, 0.3) is 11.0 Å². The maximum absolute atomic E-state index is 15.3. The fourth-order valence-corrected chi connectivity index (χ4v) is 13.8. The van der Waals surface area contributed by atoms with Crippen molar-refractivity contribution >= 4 is 50.5 Å². The minimum absolute atomic E-state index is 0.0124. The second-order valence-corrected chi connectivity index (χ2v) is 22.5. The van der Waals surface area contributed by atoms with Gasteiger partial charge in [0.1, 0.15) is 5.58 Å². The molecule has 60 heavy (non-hydrogen) atoms. The molecule has 1 aromatic carbocycles. The van der Waals surface area contributed by atoms with Gasteiger partial charge in [-0.2, -0.15) is 12.7 Å². The lowest BCUT2D eigenvalue weighted by atomic mass is 9.73. The molecule has 2 aliphatic heterocycles. The number of hydrogen-bond donors (Lipinski definition) is 2. The first kappa shape index (κ1) is 42.8. The number of nitrogens with one attached hydrogen (secondary N) is 2. The topological polar surface area (TPSA) is 163 Å². The van der Waals surface area contributed by atoms with Crippen molar-refractivity contribution in [2.24, 2.45) is 44.8 Å². The van der Waals surface area contributed by atoms with E-state index in [1.165, 1.54) is 4.31 Å². The first-order valence-corrected chi connectivity index (χ1v) is 23.8. The molecule has 2 saturated heterocycles. The largest absolute Gasteiger partial charge is 0.464 e. The Morgan fingerprint density at radius 3 is 2.25 bits per heavy atom. The highest BCUT2D eigenvalue weighted by atomic mass is 32.2. The first-order chi connectivity index (χ1) is 28.3. The zero-order valence-corrected chi connectivity index (χ0v) is 37.0. The number of allylic oxidation sites excluding steroid dienone is 1. The quantitative estimate of drug-likeness (QED) is 0.190. The molecule has 2 aromatic rings. The van der Waals surface area contributed by atoms with Crippen LogP contribution in [0.3, 0.4) is 0 Å². The molecule has 3 amide bonds. The van der Waals surface area contributed by atoms with Crippen LogP contribution in [-0.4, -0.2) is 78.6 Å². The smallest absolute Gasteiger partial charge is 0.303 e. The predicted molar refractivity (Wildman–Crippen MR) is 227 cm³/mol. The van der Waals surface area contributed by atoms with Crippen LogP contribution >= 0.6 is 0 Å². The molecule has 326 valence electrons. The van der Waals surface area contributed by atoms with Crippen molar-refractivity contribution in [3.8, 4) is 0 Å². The van der Waals surface area contributed by atoms with Crippen molar-refractivity contribution in [3.05, 3.63) is 48.7 Å². The van der Waals surface area contributed by atoms with E-state index in [-0.39, 0.29) is 64.3 Å². The number of carbonyl (C=O) groups excluding carboxylic acids is 5. The van der Waals surface area contributed by atoms with Gasteiger partial charge in [-0.15, -0.1) is 6.58 Å². The number of furan rings is 1. The fourth-order valence-electron chi connectivity index (χ4n) is 12.5. The average Bonchev–Trinajstić information content (AvgIpc) is 3.60. The van der Waals surface area contributed by atoms with E-state index in [1.807, 2.05) is 20.8 Å². The van der Waals surface area contributed by atoms with E-state index in [0.717, 1.165) is 69.6 Å². The molecule has 6 aliphatic rings. The van der Waals surface area contributed by atoms with Crippen molar-refractivity contribution in [1.82, 2.24) is 19.2 Å². The Hall–Kier alpha value is -3.84. The van der Waals surface area contributed by atoms with Gasteiger partial charge in [-0.05, 0) is 104 Å². The van der Waals surface area contributed by atoms with Gasteiger partial charge in [-0.25, -0.2) is 4.72 Å². The average molecular weight is 845 g/mol. The molecular weight excluding hydrogens is 781 g/mol. The Labute approximate surface area is 355 Å². The molecule has 2 N–H and O–H groups in total. The van der Waals surface area contributed by atoms with Crippen LogP contribution in [0.2, 0.25) is 0 Å². The van der Waals surface area contributed by atoms with E-state index in [9.17, 15) is 27.6 Å². The van der Waals surface area contributed by atoms with Gasteiger partial charge in [0.25, 0.3) is 5.91 Å². The molecule has 8 rings (SSSR count). The lowest BCUT2D eigenvalue weighted by Crippen LogP contribution is -2.51. The molecule has 3 heterocycles. The van der Waals surface area contributed by atoms with Gasteiger partial charge in [-0.3, -0.25) is 24.0 Å². The Balaban J connectivity index is 1.06. The highest BCUT2D eigenvalue weighted by molar-refractivity contribution is 7.87. The van der Waals surface area contributed by atoms with E-state index in [0.29, 0.717) is 43.6 Å². The zero-order chi connectivity index (χ0) is 43.0. The summed E-state index contributed by atoms with van der Waals surface area (Å²) in [6.45, 7) is 15.3. The Morgan fingerprint density at radius 1 is 0.950 bits per heavy atom. The number of amides is 3. The molecule has 4 aliphatic carbocycles. The van der Waals surface area contributed by atoms with Crippen molar-refractivity contribution in [1.29, 1.82) is 0 Å². The van der Waals surface area contributed by atoms with Gasteiger partial charge in [0.2, 0.25) is 11.8 Å². The van der Waals surface area contributed by atoms with Gasteiger partial charge in [0.15, 0.2) is 11.6 Å². The van der Waals surface area contributed by atoms with Crippen LogP contribution in [0.1, 0.15) is 135 Å². The van der Waals surface area contributed by atoms with Crippen LogP contribution in [-0.2, 0) is 29.4 Å². The number of rotatable bonds is 14. The molecule has 0 bridgehead atoms. The summed E-state index contributed by atoms with van der Waals surface area (Å²) in [6, 6.07) is 5.39. The third-order valence-corrected chi connectivity index (χ3v) is 18.2. The summed E-state index contributed by atoms with van der Waals surface area (Å²) < 4.78 is 35.5. The van der Waals surface area contributed by atoms with Gasteiger partial charge in [-0.1, -0.05) is 66.4 Å². The van der Waals surface area contributed by atoms with E-state index in [1.54, 1.807) is 41.5 Å². The predicted octanol–water partition coefficient (Wildman–Crippen LogP) is 7.14. The van der Waals surface area contributed by atoms with Crippen molar-refractivity contribution in [2.75, 3.05) is 19.6 Å². The minimum Gasteiger partial charge on any atom is -0.464 e. The standard InChI is InChI=1S/C47H64N4O8S/c1-7-33-26-45(33,42(56)49-60(57,58)50-21-11-12-22-50)28-37(53)35-27-47(44(5,6)46(47)19-13-20-46)29-51(35)41(55)34(43(2,3)4)25-36(52)39(30-14-9-8-10-15-30)48-40(54)32-16-17-38-31(24-32)18-23-59-38/h7,16-18,23-24,30,33-35,39H,1,8-15,19-22,25-29H2,2-6H3,(H,48,54)(H,49,56)/t33-,34-,35+,39+,45-,47-/m1/s1. The molecule has 6 atom stereocenters. The van der Waals surface area contributed by atoms with Gasteiger partial charge in [0, 0.05) is 54.8 Å². The highest BCUT2D eigenvalue weighted by Gasteiger charge is 2.85. The number of fused-ring (bicyclic) bond motifs is 2. The second-order valence-electron chi connectivity index (χ2n) is 20.8. The van der Waals surface area contributed by atoms with Crippen LogP contribution < -0.4 is 10.0 Å². The van der Waals surface area contributed by atoms with Gasteiger partial charge < -0.3 is 14.6 Å². The van der Waals surface area contributed by atoms with Gasteiger partial charge in [0.05, 0.1) is 23.8 Å². The number of nitrogens with zero attached hydrogens (tertiary/aromatic N) is 2. The molecule has 0 radical (unpaired) electrons. The zero-order valence-electron chi connectivity index (χ0n) is 36.1. The minimum atomic E-state index is -4.07. The molecule has 1 aromatic heterocycles. The van der Waals surface area contributed by atoms with E-state index in [4.69, 9.17) is 4.42 Å². The van der Waals surface area contributed by atoms with Gasteiger partial charge >= 0.3 is 10.2 Å². The van der Waals surface area contributed by atoms with E-state index >= 15 is 4.79 Å². The lowest BCUT2D eigenvalue weighted by molar-refractivity contribution is -0.146. The van der Waals surface area contributed by atoms with Crippen LogP contribution in [0.4, 0.5) is 0 Å². The summed E-state index contributed by atoms with van der Waals surface area (Å²) in [6.07, 6.45) is 12.8. The summed E-state index contributed by atoms with van der Waals surface area (Å²) in [5.41, 5.74) is -1.24. The van der Waals surface area contributed by atoms with E-state index in [2.05, 4.69) is 30.5 Å². The molecule has 12 nitrogen and oxygen atoms in total. The summed E-state index contributed by atoms with van der Waals surface area (Å²) in [5, 5.41) is 3.90. The maximum atomic E-state index is 15.3. The second kappa shape index (κ2) is 15.2. The molecule has 6 fully saturated rings. The number of hydrogen-bond acceptors (Lipinski definition) is 8. The lowest BCUT2D eigenvalue weighted by Gasteiger charge is -2.37. The number of ketones is 2. The van der Waals surface area contributed by atoms with Crippen molar-refractivity contribution in [2.45, 2.75) is 137 Å². The third kappa shape index (κ3) is 6.97. The molecule has 4 saturated carbocycles. The van der Waals surface area contributed by atoms with Crippen molar-refractivity contribution in [3.63, 3.8) is 0 Å². The van der Waals surface area contributed by atoms with Crippen molar-refractivity contribution < 1.29 is 36.8 Å². The van der Waals surface area contributed by atoms with E-state index < -0.39 is 44.9 Å². The highest BCUT2D eigenvalue weighted by Crippen LogP contribution is 2.88. The maximum Gasteiger partial charge on any atom is 0.303 e. The summed E-state index contributed by atoms with van der Waals surface area (Å²) in [5.74, 6) is -2.97. The third-order valence-electron chi connectivity index (χ3n) is 16.7. The Bertz CT molecular complexity index is 2190. The van der Waals surface area contributed by atoms with Crippen LogP contribution in [0, 0.1) is 44.8 Å².